The molecular formula is C24H36F2O3. The number of ether oxygens (including phenoxy) is 3. The molecule has 0 N–H and O–H groups in total. The summed E-state index contributed by atoms with van der Waals surface area (Å²) in [5.74, 6) is 0.0440. The lowest BCUT2D eigenvalue weighted by molar-refractivity contribution is -0.0515. The fourth-order valence-electron chi connectivity index (χ4n) is 4.02. The van der Waals surface area contributed by atoms with Gasteiger partial charge in [-0.2, -0.15) is 0 Å². The Balaban J connectivity index is 0.00000145. The number of halogens is 2. The molecule has 2 aliphatic carbocycles. The summed E-state index contributed by atoms with van der Waals surface area (Å²) in [6.07, 6.45) is 10.8. The Morgan fingerprint density at radius 3 is 2.41 bits per heavy atom. The maximum Gasteiger partial charge on any atom is 0.196 e. The second-order valence-electron chi connectivity index (χ2n) is 7.56. The van der Waals surface area contributed by atoms with Gasteiger partial charge in [-0.25, -0.2) is 8.78 Å². The van der Waals surface area contributed by atoms with Gasteiger partial charge in [-0.1, -0.05) is 33.3 Å². The highest BCUT2D eigenvalue weighted by Crippen LogP contribution is 2.38. The van der Waals surface area contributed by atoms with E-state index in [9.17, 15) is 8.78 Å². The summed E-state index contributed by atoms with van der Waals surface area (Å²) in [7, 11) is 1.37. The molecule has 164 valence electrons. The van der Waals surface area contributed by atoms with E-state index >= 15 is 0 Å². The van der Waals surface area contributed by atoms with Crippen LogP contribution in [-0.4, -0.2) is 26.4 Å². The van der Waals surface area contributed by atoms with Crippen LogP contribution in [0.25, 0.3) is 0 Å². The molecule has 3 rings (SSSR count). The molecule has 1 aliphatic heterocycles. The Labute approximate surface area is 174 Å². The highest BCUT2D eigenvalue weighted by molar-refractivity contribution is 5.45. The van der Waals surface area contributed by atoms with Crippen molar-refractivity contribution in [3.8, 4) is 0 Å². The monoisotopic (exact) mass is 410 g/mol. The van der Waals surface area contributed by atoms with Crippen LogP contribution in [0.1, 0.15) is 72.1 Å². The summed E-state index contributed by atoms with van der Waals surface area (Å²) in [5.41, 5.74) is 1.31. The van der Waals surface area contributed by atoms with Gasteiger partial charge in [0.15, 0.2) is 11.7 Å². The first-order chi connectivity index (χ1) is 14.1. The predicted octanol–water partition coefficient (Wildman–Crippen LogP) is 7.07. The normalized spacial score (nSPS) is 25.0. The topological polar surface area (TPSA) is 27.7 Å². The van der Waals surface area contributed by atoms with E-state index in [1.165, 1.54) is 26.4 Å². The van der Waals surface area contributed by atoms with E-state index in [1.807, 2.05) is 26.0 Å². The van der Waals surface area contributed by atoms with Crippen LogP contribution in [0.2, 0.25) is 0 Å². The van der Waals surface area contributed by atoms with Gasteiger partial charge in [0.05, 0.1) is 19.0 Å². The SMILES string of the molecule is CC.CCCC1CCC(COC2=CC=C(C3=C(F)C(F)=C(OC)CC3)CC2)OC1. The molecule has 1 fully saturated rings. The molecule has 0 aromatic carbocycles. The molecule has 0 spiro atoms. The van der Waals surface area contributed by atoms with E-state index in [1.54, 1.807) is 0 Å². The molecule has 3 aliphatic rings. The van der Waals surface area contributed by atoms with Gasteiger partial charge in [0.25, 0.3) is 0 Å². The molecule has 0 amide bonds. The van der Waals surface area contributed by atoms with Crippen LogP contribution in [0, 0.1) is 5.92 Å². The molecule has 2 unspecified atom stereocenters. The smallest absolute Gasteiger partial charge is 0.196 e. The van der Waals surface area contributed by atoms with Crippen molar-refractivity contribution in [2.75, 3.05) is 20.3 Å². The number of hydrogen-bond acceptors (Lipinski definition) is 3. The quantitative estimate of drug-likeness (QED) is 0.449. The largest absolute Gasteiger partial charge is 0.498 e. The maximum atomic E-state index is 14.3. The van der Waals surface area contributed by atoms with Crippen molar-refractivity contribution in [3.05, 3.63) is 46.5 Å². The molecule has 0 bridgehead atoms. The summed E-state index contributed by atoms with van der Waals surface area (Å²) in [4.78, 5) is 0. The zero-order valence-corrected chi connectivity index (χ0v) is 18.4. The Hall–Kier alpha value is -1.62. The lowest BCUT2D eigenvalue weighted by atomic mass is 9.89. The second kappa shape index (κ2) is 12.2. The van der Waals surface area contributed by atoms with Gasteiger partial charge in [0.1, 0.15) is 12.4 Å². The van der Waals surface area contributed by atoms with E-state index in [0.29, 0.717) is 43.8 Å². The molecule has 0 radical (unpaired) electrons. The van der Waals surface area contributed by atoms with Gasteiger partial charge < -0.3 is 14.2 Å². The van der Waals surface area contributed by atoms with Gasteiger partial charge in [-0.15, -0.1) is 0 Å². The van der Waals surface area contributed by atoms with Crippen molar-refractivity contribution in [1.82, 2.24) is 0 Å². The average molecular weight is 411 g/mol. The van der Waals surface area contributed by atoms with Crippen molar-refractivity contribution < 1.29 is 23.0 Å². The highest BCUT2D eigenvalue weighted by Gasteiger charge is 2.26. The predicted molar refractivity (Wildman–Crippen MR) is 113 cm³/mol. The summed E-state index contributed by atoms with van der Waals surface area (Å²) in [6, 6.07) is 0. The van der Waals surface area contributed by atoms with Crippen molar-refractivity contribution in [2.24, 2.45) is 5.92 Å². The first kappa shape index (κ1) is 23.7. The zero-order chi connectivity index (χ0) is 21.2. The van der Waals surface area contributed by atoms with Gasteiger partial charge in [-0.05, 0) is 55.2 Å². The fraction of sp³-hybridized carbons (Fsp3) is 0.667. The van der Waals surface area contributed by atoms with E-state index in [-0.39, 0.29) is 11.9 Å². The van der Waals surface area contributed by atoms with Crippen LogP contribution >= 0.6 is 0 Å². The van der Waals surface area contributed by atoms with E-state index < -0.39 is 11.7 Å². The van der Waals surface area contributed by atoms with Crippen LogP contribution in [0.3, 0.4) is 0 Å². The molecule has 29 heavy (non-hydrogen) atoms. The Bertz CT molecular complexity index is 653. The van der Waals surface area contributed by atoms with Gasteiger partial charge in [0, 0.05) is 19.4 Å². The van der Waals surface area contributed by atoms with Gasteiger partial charge in [0.2, 0.25) is 0 Å². The third kappa shape index (κ3) is 6.43. The van der Waals surface area contributed by atoms with E-state index in [2.05, 4.69) is 6.92 Å². The lowest BCUT2D eigenvalue weighted by Gasteiger charge is -2.29. The van der Waals surface area contributed by atoms with Gasteiger partial charge in [-0.3, -0.25) is 0 Å². The third-order valence-corrected chi connectivity index (χ3v) is 5.67. The summed E-state index contributed by atoms with van der Waals surface area (Å²) < 4.78 is 45.0. The first-order valence-electron chi connectivity index (χ1n) is 11.1. The number of hydrogen-bond donors (Lipinski definition) is 0. The van der Waals surface area contributed by atoms with Gasteiger partial charge >= 0.3 is 0 Å². The number of methoxy groups -OCH3 is 1. The first-order valence-corrected chi connectivity index (χ1v) is 11.1. The molecule has 2 atom stereocenters. The molecule has 1 heterocycles. The van der Waals surface area contributed by atoms with Crippen LogP contribution in [0.5, 0.6) is 0 Å². The van der Waals surface area contributed by atoms with E-state index in [0.717, 1.165) is 24.4 Å². The molecule has 5 heteroatoms. The van der Waals surface area contributed by atoms with Crippen LogP contribution in [0.4, 0.5) is 8.78 Å². The van der Waals surface area contributed by atoms with Crippen LogP contribution in [0.15, 0.2) is 46.5 Å². The summed E-state index contributed by atoms with van der Waals surface area (Å²) in [6.45, 7) is 7.61. The van der Waals surface area contributed by atoms with Crippen LogP contribution in [-0.2, 0) is 14.2 Å². The molecule has 3 nitrogen and oxygen atoms in total. The lowest BCUT2D eigenvalue weighted by Crippen LogP contribution is -2.29. The summed E-state index contributed by atoms with van der Waals surface area (Å²) >= 11 is 0. The van der Waals surface area contributed by atoms with Crippen molar-refractivity contribution in [1.29, 1.82) is 0 Å². The van der Waals surface area contributed by atoms with Crippen molar-refractivity contribution in [3.63, 3.8) is 0 Å². The molecule has 1 saturated heterocycles. The zero-order valence-electron chi connectivity index (χ0n) is 18.4. The molecule has 0 aromatic rings. The molecule has 0 saturated carbocycles. The minimum absolute atomic E-state index is 0.0980. The third-order valence-electron chi connectivity index (χ3n) is 5.67. The minimum atomic E-state index is -0.860. The minimum Gasteiger partial charge on any atom is -0.498 e. The van der Waals surface area contributed by atoms with Crippen molar-refractivity contribution >= 4 is 0 Å². The average Bonchev–Trinajstić information content (AvgIpc) is 2.77. The maximum absolute atomic E-state index is 14.3. The number of allylic oxidation sites excluding steroid dienone is 8. The Kier molecular flexibility index (Phi) is 9.92. The second-order valence-corrected chi connectivity index (χ2v) is 7.56. The molecule has 0 aromatic heterocycles. The molecular weight excluding hydrogens is 374 g/mol. The Morgan fingerprint density at radius 1 is 1.03 bits per heavy atom. The van der Waals surface area contributed by atoms with Crippen LogP contribution < -0.4 is 0 Å². The Morgan fingerprint density at radius 2 is 1.83 bits per heavy atom. The fourth-order valence-corrected chi connectivity index (χ4v) is 4.02. The summed E-state index contributed by atoms with van der Waals surface area (Å²) in [5, 5.41) is 0. The highest BCUT2D eigenvalue weighted by atomic mass is 19.2. The standard InChI is InChI=1S/C22H30F2O3.C2H6/c1-3-4-15-5-8-18(26-13-15)14-27-17-9-6-16(7-10-17)19-11-12-20(25-2)22(24)21(19)23;1-2/h6,9,15,18H,3-5,7-8,10-14H2,1-2H3;1-2H3. The van der Waals surface area contributed by atoms with E-state index in [4.69, 9.17) is 14.2 Å². The van der Waals surface area contributed by atoms with Crippen molar-refractivity contribution in [2.45, 2.75) is 78.2 Å². The number of rotatable bonds is 7.